The molecule has 1 aromatic carbocycles. The lowest BCUT2D eigenvalue weighted by Crippen LogP contribution is -2.36. The average molecular weight is 256 g/mol. The summed E-state index contributed by atoms with van der Waals surface area (Å²) in [5.41, 5.74) is -0.183. The molecule has 18 heavy (non-hydrogen) atoms. The summed E-state index contributed by atoms with van der Waals surface area (Å²) in [6.45, 7) is 3.62. The van der Waals surface area contributed by atoms with Crippen molar-refractivity contribution in [3.05, 3.63) is 35.4 Å². The van der Waals surface area contributed by atoms with Gasteiger partial charge in [0.1, 0.15) is 0 Å². The van der Waals surface area contributed by atoms with Crippen LogP contribution in [0.5, 0.6) is 0 Å². The van der Waals surface area contributed by atoms with Crippen LogP contribution in [0.1, 0.15) is 31.4 Å². The normalized spacial score (nSPS) is 24.3. The molecule has 0 aliphatic carbocycles. The highest BCUT2D eigenvalue weighted by atomic mass is 19.4. The predicted molar refractivity (Wildman–Crippen MR) is 64.3 cm³/mol. The Morgan fingerprint density at radius 2 is 1.89 bits per heavy atom. The molecule has 0 fully saturated rings. The fourth-order valence-electron chi connectivity index (χ4n) is 2.48. The van der Waals surface area contributed by atoms with Gasteiger partial charge in [-0.1, -0.05) is 18.2 Å². The molecular formula is C13H15F3N2. The first-order chi connectivity index (χ1) is 8.25. The van der Waals surface area contributed by atoms with E-state index in [2.05, 4.69) is 5.10 Å². The molecule has 2 rings (SSSR count). The number of nitrogens with zero attached hydrogens (tertiary/aromatic N) is 2. The van der Waals surface area contributed by atoms with Crippen molar-refractivity contribution in [3.63, 3.8) is 0 Å². The maximum Gasteiger partial charge on any atom is 0.416 e. The second kappa shape index (κ2) is 4.00. The first-order valence-electron chi connectivity index (χ1n) is 5.70. The Morgan fingerprint density at radius 1 is 1.28 bits per heavy atom. The summed E-state index contributed by atoms with van der Waals surface area (Å²) in [7, 11) is 1.71. The third kappa shape index (κ3) is 1.98. The van der Waals surface area contributed by atoms with Crippen LogP contribution in [0.25, 0.3) is 0 Å². The van der Waals surface area contributed by atoms with Gasteiger partial charge in [-0.05, 0) is 25.5 Å². The van der Waals surface area contributed by atoms with Gasteiger partial charge >= 0.3 is 6.18 Å². The second-order valence-corrected chi connectivity index (χ2v) is 4.85. The van der Waals surface area contributed by atoms with Gasteiger partial charge in [0.15, 0.2) is 0 Å². The zero-order valence-electron chi connectivity index (χ0n) is 10.5. The van der Waals surface area contributed by atoms with Crippen molar-refractivity contribution in [2.45, 2.75) is 32.0 Å². The summed E-state index contributed by atoms with van der Waals surface area (Å²) in [6, 6.07) is 5.71. The molecular weight excluding hydrogens is 241 g/mol. The van der Waals surface area contributed by atoms with Gasteiger partial charge in [0.05, 0.1) is 11.1 Å². The van der Waals surface area contributed by atoms with Crippen molar-refractivity contribution in [2.24, 2.45) is 5.10 Å². The maximum absolute atomic E-state index is 13.0. The molecule has 0 bridgehead atoms. The molecule has 98 valence electrons. The summed E-state index contributed by atoms with van der Waals surface area (Å²) < 4.78 is 39.1. The van der Waals surface area contributed by atoms with E-state index >= 15 is 0 Å². The molecule has 1 unspecified atom stereocenters. The van der Waals surface area contributed by atoms with Crippen molar-refractivity contribution >= 4 is 5.71 Å². The van der Waals surface area contributed by atoms with Crippen molar-refractivity contribution in [3.8, 4) is 0 Å². The lowest BCUT2D eigenvalue weighted by atomic mass is 9.84. The molecule has 0 spiro atoms. The molecule has 1 aromatic rings. The largest absolute Gasteiger partial charge is 0.416 e. The monoisotopic (exact) mass is 256 g/mol. The quantitative estimate of drug-likeness (QED) is 0.749. The van der Waals surface area contributed by atoms with Gasteiger partial charge < -0.3 is 0 Å². The summed E-state index contributed by atoms with van der Waals surface area (Å²) in [6.07, 6.45) is -3.83. The summed E-state index contributed by atoms with van der Waals surface area (Å²) >= 11 is 0. The number of benzene rings is 1. The topological polar surface area (TPSA) is 15.6 Å². The summed E-state index contributed by atoms with van der Waals surface area (Å²) in [4.78, 5) is 0. The van der Waals surface area contributed by atoms with Gasteiger partial charge in [-0.25, -0.2) is 0 Å². The first-order valence-corrected chi connectivity index (χ1v) is 5.70. The van der Waals surface area contributed by atoms with Crippen molar-refractivity contribution in [1.82, 2.24) is 5.01 Å². The minimum atomic E-state index is -4.34. The van der Waals surface area contributed by atoms with Gasteiger partial charge in [0.2, 0.25) is 0 Å². The number of hydrogen-bond donors (Lipinski definition) is 0. The standard InChI is InChI=1S/C13H15F3N2/c1-9-8-12(2,18(3)17-9)10-6-4-5-7-11(10)13(14,15)16/h4-7H,8H2,1-3H3. The zero-order valence-corrected chi connectivity index (χ0v) is 10.5. The minimum Gasteiger partial charge on any atom is -0.290 e. The van der Waals surface area contributed by atoms with Crippen LogP contribution in [0.4, 0.5) is 13.2 Å². The molecule has 1 aliphatic heterocycles. The first kappa shape index (κ1) is 12.9. The number of halogens is 3. The summed E-state index contributed by atoms with van der Waals surface area (Å²) in [5.74, 6) is 0. The molecule has 2 nitrogen and oxygen atoms in total. The Kier molecular flexibility index (Phi) is 2.87. The molecule has 5 heteroatoms. The van der Waals surface area contributed by atoms with E-state index in [1.54, 1.807) is 25.0 Å². The molecule has 0 aromatic heterocycles. The zero-order chi connectivity index (χ0) is 13.6. The maximum atomic E-state index is 13.0. The van der Waals surface area contributed by atoms with E-state index in [0.29, 0.717) is 6.42 Å². The van der Waals surface area contributed by atoms with Crippen molar-refractivity contribution in [2.75, 3.05) is 7.05 Å². The molecule has 0 N–H and O–H groups in total. The van der Waals surface area contributed by atoms with E-state index in [1.165, 1.54) is 12.1 Å². The SMILES string of the molecule is CC1=NN(C)C(C)(c2ccccc2C(F)(F)F)C1. The Bertz CT molecular complexity index is 493. The molecule has 1 aliphatic rings. The number of rotatable bonds is 1. The molecule has 0 radical (unpaired) electrons. The smallest absolute Gasteiger partial charge is 0.290 e. The Morgan fingerprint density at radius 3 is 2.39 bits per heavy atom. The van der Waals surface area contributed by atoms with Crippen LogP contribution >= 0.6 is 0 Å². The highest BCUT2D eigenvalue weighted by Gasteiger charge is 2.43. The van der Waals surface area contributed by atoms with E-state index in [9.17, 15) is 13.2 Å². The van der Waals surface area contributed by atoms with Crippen LogP contribution < -0.4 is 0 Å². The third-order valence-electron chi connectivity index (χ3n) is 3.45. The van der Waals surface area contributed by atoms with Crippen LogP contribution in [0, 0.1) is 0 Å². The highest BCUT2D eigenvalue weighted by molar-refractivity contribution is 5.84. The molecule has 0 saturated heterocycles. The second-order valence-electron chi connectivity index (χ2n) is 4.85. The number of hydrazone groups is 1. The van der Waals surface area contributed by atoms with Gasteiger partial charge in [-0.2, -0.15) is 18.3 Å². The van der Waals surface area contributed by atoms with E-state index in [4.69, 9.17) is 0 Å². The fourth-order valence-corrected chi connectivity index (χ4v) is 2.48. The van der Waals surface area contributed by atoms with Crippen LogP contribution in [-0.2, 0) is 11.7 Å². The van der Waals surface area contributed by atoms with E-state index in [0.717, 1.165) is 11.8 Å². The Balaban J connectivity index is 2.53. The predicted octanol–water partition coefficient (Wildman–Crippen LogP) is 3.63. The lowest BCUT2D eigenvalue weighted by molar-refractivity contribution is -0.139. The van der Waals surface area contributed by atoms with Gasteiger partial charge in [-0.15, -0.1) is 0 Å². The van der Waals surface area contributed by atoms with E-state index in [1.807, 2.05) is 6.92 Å². The minimum absolute atomic E-state index is 0.278. The third-order valence-corrected chi connectivity index (χ3v) is 3.45. The van der Waals surface area contributed by atoms with Crippen LogP contribution in [-0.4, -0.2) is 17.8 Å². The van der Waals surface area contributed by atoms with E-state index in [-0.39, 0.29) is 5.56 Å². The van der Waals surface area contributed by atoms with E-state index < -0.39 is 17.3 Å². The Hall–Kier alpha value is -1.52. The highest BCUT2D eigenvalue weighted by Crippen LogP contribution is 2.42. The average Bonchev–Trinajstić information content (AvgIpc) is 2.52. The molecule has 0 saturated carbocycles. The Labute approximate surface area is 104 Å². The van der Waals surface area contributed by atoms with Crippen molar-refractivity contribution in [1.29, 1.82) is 0 Å². The van der Waals surface area contributed by atoms with Gasteiger partial charge in [0, 0.05) is 19.2 Å². The van der Waals surface area contributed by atoms with Crippen molar-refractivity contribution < 1.29 is 13.2 Å². The number of alkyl halides is 3. The lowest BCUT2D eigenvalue weighted by Gasteiger charge is -2.34. The van der Waals surface area contributed by atoms with Crippen LogP contribution in [0.2, 0.25) is 0 Å². The fraction of sp³-hybridized carbons (Fsp3) is 0.462. The molecule has 1 heterocycles. The molecule has 0 amide bonds. The van der Waals surface area contributed by atoms with Crippen LogP contribution in [0.3, 0.4) is 0 Å². The number of hydrogen-bond acceptors (Lipinski definition) is 2. The molecule has 1 atom stereocenters. The van der Waals surface area contributed by atoms with Crippen LogP contribution in [0.15, 0.2) is 29.4 Å². The summed E-state index contributed by atoms with van der Waals surface area (Å²) in [5, 5.41) is 5.84. The van der Waals surface area contributed by atoms with Gasteiger partial charge in [0.25, 0.3) is 0 Å². The van der Waals surface area contributed by atoms with Gasteiger partial charge in [-0.3, -0.25) is 5.01 Å².